The zero-order valence-electron chi connectivity index (χ0n) is 29.7. The standard InChI is InChI=1S/C38H40O18/c1-50-22-11-16(3-9-19(22)41)4-10-27(43)52-15-26-31(45)33(47)35(49)38(55-26)56-37-34(48)30(44)25(14-39)54-36(37)29-23(51-2)13-24-28(32(29)46)20(42)12-21(53-24)17-5-7-18(40)8-6-17/h3-13,25-26,30-31,33-41,44-49H,14-15H2,1-2H3/b10-4+/t25-,26-,30-,31-,33-,34+,35-,36+,37-,38+/m1/s1. The minimum absolute atomic E-state index is 0.0214. The Morgan fingerprint density at radius 2 is 1.50 bits per heavy atom. The molecule has 0 spiro atoms. The SMILES string of the molecule is COc1cc(/C=C/C(=O)OC[C@H]2O[C@@H](O[C@@H]3[C@@H](O)[C@H](O)[C@@H](CO)O[C@H]3c3c(OC)cc4oc(-c5ccc(O)cc5)cc(=O)c4c3O)[C@H](O)[C@H](O)[C@@H]2O)ccc1O. The summed E-state index contributed by atoms with van der Waals surface area (Å²) in [5.41, 5.74) is -0.256. The normalized spacial score (nSPS) is 28.0. The van der Waals surface area contributed by atoms with Gasteiger partial charge in [-0.2, -0.15) is 0 Å². The van der Waals surface area contributed by atoms with Crippen LogP contribution in [-0.4, -0.2) is 134 Å². The lowest BCUT2D eigenvalue weighted by Gasteiger charge is -2.46. The molecule has 2 fully saturated rings. The van der Waals surface area contributed by atoms with Gasteiger partial charge < -0.3 is 78.8 Å². The minimum Gasteiger partial charge on any atom is -0.508 e. The monoisotopic (exact) mass is 784 g/mol. The van der Waals surface area contributed by atoms with E-state index in [1.807, 2.05) is 0 Å². The maximum atomic E-state index is 13.5. The van der Waals surface area contributed by atoms with Gasteiger partial charge in [-0.1, -0.05) is 6.07 Å². The maximum Gasteiger partial charge on any atom is 0.330 e. The lowest BCUT2D eigenvalue weighted by Crippen LogP contribution is -2.63. The largest absolute Gasteiger partial charge is 0.508 e. The fourth-order valence-corrected chi connectivity index (χ4v) is 6.48. The van der Waals surface area contributed by atoms with Crippen molar-refractivity contribution < 1.29 is 83.6 Å². The number of rotatable bonds is 11. The minimum atomic E-state index is -2.00. The molecule has 10 atom stereocenters. The molecule has 2 aliphatic heterocycles. The molecule has 0 amide bonds. The molecular weight excluding hydrogens is 744 g/mol. The molecule has 0 radical (unpaired) electrons. The second kappa shape index (κ2) is 16.8. The topological polar surface area (TPSA) is 285 Å². The van der Waals surface area contributed by atoms with E-state index in [0.717, 1.165) is 12.1 Å². The van der Waals surface area contributed by atoms with Gasteiger partial charge in [-0.3, -0.25) is 4.79 Å². The molecule has 6 rings (SSSR count). The average molecular weight is 785 g/mol. The number of hydrogen-bond acceptors (Lipinski definition) is 18. The summed E-state index contributed by atoms with van der Waals surface area (Å²) in [7, 11) is 2.57. The number of aromatic hydroxyl groups is 3. The lowest BCUT2D eigenvalue weighted by molar-refractivity contribution is -0.342. The molecule has 9 N–H and O–H groups in total. The van der Waals surface area contributed by atoms with Gasteiger partial charge in [-0.25, -0.2) is 4.79 Å². The van der Waals surface area contributed by atoms with E-state index in [0.29, 0.717) is 11.1 Å². The first-order valence-corrected chi connectivity index (χ1v) is 17.1. The van der Waals surface area contributed by atoms with E-state index in [-0.39, 0.29) is 45.3 Å². The number of hydrogen-bond donors (Lipinski definition) is 9. The van der Waals surface area contributed by atoms with Crippen molar-refractivity contribution in [2.45, 2.75) is 61.2 Å². The number of phenolic OH excluding ortho intramolecular Hbond substituents is 3. The predicted molar refractivity (Wildman–Crippen MR) is 191 cm³/mol. The van der Waals surface area contributed by atoms with Crippen molar-refractivity contribution in [3.05, 3.63) is 82.0 Å². The second-order valence-corrected chi connectivity index (χ2v) is 13.0. The third-order valence-corrected chi connectivity index (χ3v) is 9.48. The molecule has 2 saturated heterocycles. The zero-order chi connectivity index (χ0) is 40.4. The first-order chi connectivity index (χ1) is 26.8. The number of phenols is 3. The quantitative estimate of drug-likeness (QED) is 0.0725. The van der Waals surface area contributed by atoms with E-state index in [2.05, 4.69) is 0 Å². The number of esters is 1. The number of methoxy groups -OCH3 is 2. The Morgan fingerprint density at radius 1 is 0.804 bits per heavy atom. The summed E-state index contributed by atoms with van der Waals surface area (Å²) in [5.74, 6) is -1.70. The molecule has 56 heavy (non-hydrogen) atoms. The van der Waals surface area contributed by atoms with Crippen LogP contribution in [0.2, 0.25) is 0 Å². The van der Waals surface area contributed by atoms with Crippen molar-refractivity contribution in [1.82, 2.24) is 0 Å². The third kappa shape index (κ3) is 8.01. The van der Waals surface area contributed by atoms with E-state index < -0.39 is 91.6 Å². The number of benzene rings is 3. The fourth-order valence-electron chi connectivity index (χ4n) is 6.48. The number of aliphatic hydroxyl groups is 6. The number of carbonyl (C=O) groups is 1. The summed E-state index contributed by atoms with van der Waals surface area (Å²) in [6, 6.07) is 12.5. The van der Waals surface area contributed by atoms with Gasteiger partial charge in [-0.05, 0) is 48.0 Å². The molecule has 300 valence electrons. The summed E-state index contributed by atoms with van der Waals surface area (Å²) in [6.07, 6.45) is -15.5. The van der Waals surface area contributed by atoms with Crippen LogP contribution in [0.5, 0.6) is 28.7 Å². The van der Waals surface area contributed by atoms with E-state index in [9.17, 15) is 55.5 Å². The number of carbonyl (C=O) groups excluding carboxylic acids is 1. The van der Waals surface area contributed by atoms with Gasteiger partial charge in [0.05, 0.1) is 26.4 Å². The van der Waals surface area contributed by atoms with Gasteiger partial charge in [-0.15, -0.1) is 0 Å². The highest BCUT2D eigenvalue weighted by Crippen LogP contribution is 2.46. The van der Waals surface area contributed by atoms with Crippen LogP contribution in [-0.2, 0) is 23.7 Å². The van der Waals surface area contributed by atoms with Crippen molar-refractivity contribution in [3.8, 4) is 40.1 Å². The predicted octanol–water partition coefficient (Wildman–Crippen LogP) is 0.197. The number of ether oxygens (including phenoxy) is 6. The molecule has 3 aromatic carbocycles. The molecule has 3 heterocycles. The highest BCUT2D eigenvalue weighted by molar-refractivity contribution is 5.88. The molecule has 1 aromatic heterocycles. The van der Waals surface area contributed by atoms with Gasteiger partial charge in [0.25, 0.3) is 0 Å². The number of aliphatic hydroxyl groups excluding tert-OH is 6. The Balaban J connectivity index is 1.28. The highest BCUT2D eigenvalue weighted by Gasteiger charge is 2.52. The first-order valence-electron chi connectivity index (χ1n) is 17.1. The van der Waals surface area contributed by atoms with Crippen molar-refractivity contribution in [2.24, 2.45) is 0 Å². The Hall–Kier alpha value is -5.28. The van der Waals surface area contributed by atoms with Crippen LogP contribution in [0.25, 0.3) is 28.4 Å². The van der Waals surface area contributed by atoms with Gasteiger partial charge in [0.1, 0.15) is 95.5 Å². The summed E-state index contributed by atoms with van der Waals surface area (Å²) in [5, 5.41) is 95.2. The van der Waals surface area contributed by atoms with E-state index >= 15 is 0 Å². The van der Waals surface area contributed by atoms with Crippen LogP contribution >= 0.6 is 0 Å². The van der Waals surface area contributed by atoms with Gasteiger partial charge in [0.15, 0.2) is 23.2 Å². The Bertz CT molecular complexity index is 2110. The van der Waals surface area contributed by atoms with Gasteiger partial charge in [0, 0.05) is 23.8 Å². The number of fused-ring (bicyclic) bond motifs is 1. The lowest BCUT2D eigenvalue weighted by atomic mass is 9.89. The van der Waals surface area contributed by atoms with E-state index in [1.54, 1.807) is 0 Å². The van der Waals surface area contributed by atoms with E-state index in [4.69, 9.17) is 32.8 Å². The van der Waals surface area contributed by atoms with Crippen LogP contribution < -0.4 is 14.9 Å². The van der Waals surface area contributed by atoms with Crippen molar-refractivity contribution >= 4 is 23.0 Å². The first kappa shape index (κ1) is 40.4. The van der Waals surface area contributed by atoms with Gasteiger partial charge >= 0.3 is 5.97 Å². The third-order valence-electron chi connectivity index (χ3n) is 9.48. The maximum absolute atomic E-state index is 13.5. The smallest absolute Gasteiger partial charge is 0.330 e. The Kier molecular flexibility index (Phi) is 12.1. The van der Waals surface area contributed by atoms with Gasteiger partial charge in [0.2, 0.25) is 0 Å². The van der Waals surface area contributed by atoms with Crippen LogP contribution in [0.1, 0.15) is 17.2 Å². The van der Waals surface area contributed by atoms with Crippen LogP contribution in [0, 0.1) is 0 Å². The molecule has 18 nitrogen and oxygen atoms in total. The molecule has 0 unspecified atom stereocenters. The molecule has 18 heteroatoms. The molecule has 0 aliphatic carbocycles. The average Bonchev–Trinajstić information content (AvgIpc) is 3.19. The molecule has 0 saturated carbocycles. The van der Waals surface area contributed by atoms with Crippen molar-refractivity contribution in [3.63, 3.8) is 0 Å². The summed E-state index contributed by atoms with van der Waals surface area (Å²) < 4.78 is 39.2. The van der Waals surface area contributed by atoms with Crippen LogP contribution in [0.4, 0.5) is 0 Å². The molecule has 0 bridgehead atoms. The van der Waals surface area contributed by atoms with E-state index in [1.165, 1.54) is 68.8 Å². The van der Waals surface area contributed by atoms with Crippen molar-refractivity contribution in [1.29, 1.82) is 0 Å². The molecular formula is C38H40O18. The summed E-state index contributed by atoms with van der Waals surface area (Å²) >= 11 is 0. The second-order valence-electron chi connectivity index (χ2n) is 13.0. The zero-order valence-corrected chi connectivity index (χ0v) is 29.7. The molecule has 4 aromatic rings. The summed E-state index contributed by atoms with van der Waals surface area (Å²) in [4.78, 5) is 26.0. The molecule has 2 aliphatic rings. The van der Waals surface area contributed by atoms with Crippen LogP contribution in [0.15, 0.2) is 69.9 Å². The van der Waals surface area contributed by atoms with Crippen molar-refractivity contribution in [2.75, 3.05) is 27.4 Å². The summed E-state index contributed by atoms with van der Waals surface area (Å²) in [6.45, 7) is -1.50. The van der Waals surface area contributed by atoms with Crippen LogP contribution in [0.3, 0.4) is 0 Å². The Labute approximate surface area is 317 Å². The fraction of sp³-hybridized carbons (Fsp3) is 0.368. The highest BCUT2D eigenvalue weighted by atomic mass is 16.7. The Morgan fingerprint density at radius 3 is 2.18 bits per heavy atom.